The number of hydrogen-bond acceptors (Lipinski definition) is 3. The van der Waals surface area contributed by atoms with Gasteiger partial charge in [0.2, 0.25) is 5.91 Å². The molecule has 0 fully saturated rings. The number of amides is 1. The third kappa shape index (κ3) is 5.34. The molecule has 1 amide bonds. The van der Waals surface area contributed by atoms with E-state index in [4.69, 9.17) is 0 Å². The minimum absolute atomic E-state index is 0.0853. The summed E-state index contributed by atoms with van der Waals surface area (Å²) >= 11 is 0. The van der Waals surface area contributed by atoms with Crippen LogP contribution in [-0.4, -0.2) is 37.0 Å². The monoisotopic (exact) mass is 488 g/mol. The molecule has 9 heteroatoms. The molecule has 4 rings (SSSR count). The van der Waals surface area contributed by atoms with Crippen LogP contribution in [0.2, 0.25) is 0 Å². The van der Waals surface area contributed by atoms with E-state index < -0.39 is 30.0 Å². The fraction of sp³-hybridized carbons (Fsp3) is 0.231. The largest absolute Gasteiger partial charge is 0.573 e. The highest BCUT2D eigenvalue weighted by atomic mass is 19.4. The molecular formula is C26H21F5N2O2. The Hall–Kier alpha value is -3.75. The molecule has 0 bridgehead atoms. The zero-order valence-corrected chi connectivity index (χ0v) is 18.8. The van der Waals surface area contributed by atoms with Crippen LogP contribution in [0.4, 0.5) is 22.0 Å². The maximum absolute atomic E-state index is 14.4. The molecule has 1 unspecified atom stereocenters. The average molecular weight is 488 g/mol. The lowest BCUT2D eigenvalue weighted by molar-refractivity contribution is -0.274. The van der Waals surface area contributed by atoms with E-state index in [1.807, 2.05) is 0 Å². The number of carbonyl (C=O) groups is 1. The van der Waals surface area contributed by atoms with E-state index in [-0.39, 0.29) is 29.4 Å². The van der Waals surface area contributed by atoms with Crippen LogP contribution in [-0.2, 0) is 4.79 Å². The van der Waals surface area contributed by atoms with Crippen molar-refractivity contribution >= 4 is 11.6 Å². The SMILES string of the molecule is CN(C)C(=O)[C@H]1CC(c2c(F)cccc2F)=NC1c1ccc(-c2ccc(OC(F)(F)F)cc2)cc1. The molecule has 1 aliphatic heterocycles. The summed E-state index contributed by atoms with van der Waals surface area (Å²) in [5, 5.41) is 0. The number of aliphatic imine (C=N–C) groups is 1. The Morgan fingerprint density at radius 1 is 0.914 bits per heavy atom. The van der Waals surface area contributed by atoms with E-state index in [2.05, 4.69) is 9.73 Å². The third-order valence-electron chi connectivity index (χ3n) is 5.77. The van der Waals surface area contributed by atoms with E-state index in [9.17, 15) is 26.7 Å². The quantitative estimate of drug-likeness (QED) is 0.403. The minimum Gasteiger partial charge on any atom is -0.406 e. The molecule has 0 aromatic heterocycles. The number of carbonyl (C=O) groups excluding carboxylic acids is 1. The lowest BCUT2D eigenvalue weighted by Gasteiger charge is -2.21. The van der Waals surface area contributed by atoms with Crippen LogP contribution in [0.1, 0.15) is 23.6 Å². The summed E-state index contributed by atoms with van der Waals surface area (Å²) in [5.41, 5.74) is 2.03. The van der Waals surface area contributed by atoms with Crippen molar-refractivity contribution in [2.24, 2.45) is 10.9 Å². The van der Waals surface area contributed by atoms with Gasteiger partial charge in [0.1, 0.15) is 17.4 Å². The highest BCUT2D eigenvalue weighted by molar-refractivity contribution is 6.05. The molecule has 0 aliphatic carbocycles. The van der Waals surface area contributed by atoms with Gasteiger partial charge in [-0.05, 0) is 41.0 Å². The Morgan fingerprint density at radius 2 is 1.46 bits per heavy atom. The molecule has 0 spiro atoms. The molecule has 0 radical (unpaired) electrons. The lowest BCUT2D eigenvalue weighted by atomic mass is 9.89. The number of rotatable bonds is 5. The summed E-state index contributed by atoms with van der Waals surface area (Å²) in [6.07, 6.45) is -4.68. The van der Waals surface area contributed by atoms with Gasteiger partial charge in [-0.25, -0.2) is 8.78 Å². The summed E-state index contributed by atoms with van der Waals surface area (Å²) in [4.78, 5) is 18.8. The topological polar surface area (TPSA) is 41.9 Å². The first-order chi connectivity index (χ1) is 16.5. The Morgan fingerprint density at radius 3 is 1.97 bits per heavy atom. The molecule has 3 aromatic rings. The van der Waals surface area contributed by atoms with Crippen LogP contribution in [0.25, 0.3) is 11.1 Å². The summed E-state index contributed by atoms with van der Waals surface area (Å²) in [6.45, 7) is 0. The van der Waals surface area contributed by atoms with Crippen LogP contribution in [0.3, 0.4) is 0 Å². The van der Waals surface area contributed by atoms with Crippen molar-refractivity contribution < 1.29 is 31.5 Å². The second-order valence-corrected chi connectivity index (χ2v) is 8.35. The van der Waals surface area contributed by atoms with Crippen molar-refractivity contribution in [3.8, 4) is 16.9 Å². The second-order valence-electron chi connectivity index (χ2n) is 8.35. The van der Waals surface area contributed by atoms with Gasteiger partial charge in [-0.1, -0.05) is 42.5 Å². The van der Waals surface area contributed by atoms with Crippen LogP contribution >= 0.6 is 0 Å². The Kier molecular flexibility index (Phi) is 6.60. The van der Waals surface area contributed by atoms with Crippen LogP contribution in [0, 0.1) is 17.6 Å². The van der Waals surface area contributed by atoms with Crippen molar-refractivity contribution in [1.29, 1.82) is 0 Å². The number of hydrogen-bond donors (Lipinski definition) is 0. The van der Waals surface area contributed by atoms with E-state index in [0.717, 1.165) is 17.7 Å². The van der Waals surface area contributed by atoms with Gasteiger partial charge in [-0.3, -0.25) is 9.79 Å². The molecule has 1 heterocycles. The third-order valence-corrected chi connectivity index (χ3v) is 5.77. The first-order valence-electron chi connectivity index (χ1n) is 10.7. The van der Waals surface area contributed by atoms with E-state index >= 15 is 0 Å². The molecule has 2 atom stereocenters. The maximum Gasteiger partial charge on any atom is 0.573 e. The van der Waals surface area contributed by atoms with Crippen molar-refractivity contribution in [2.75, 3.05) is 14.1 Å². The second kappa shape index (κ2) is 9.48. The molecule has 3 aromatic carbocycles. The van der Waals surface area contributed by atoms with Crippen LogP contribution in [0.15, 0.2) is 71.7 Å². The molecule has 0 saturated carbocycles. The lowest BCUT2D eigenvalue weighted by Crippen LogP contribution is -2.31. The zero-order chi connectivity index (χ0) is 25.3. The molecule has 35 heavy (non-hydrogen) atoms. The van der Waals surface area contributed by atoms with Crippen molar-refractivity contribution in [2.45, 2.75) is 18.8 Å². The maximum atomic E-state index is 14.4. The number of halogens is 5. The molecule has 182 valence electrons. The molecule has 1 aliphatic rings. The highest BCUT2D eigenvalue weighted by Crippen LogP contribution is 2.39. The van der Waals surface area contributed by atoms with Gasteiger partial charge in [-0.15, -0.1) is 13.2 Å². The van der Waals surface area contributed by atoms with Crippen molar-refractivity contribution in [3.63, 3.8) is 0 Å². The smallest absolute Gasteiger partial charge is 0.406 e. The average Bonchev–Trinajstić information content (AvgIpc) is 3.23. The molecule has 0 N–H and O–H groups in total. The van der Waals surface area contributed by atoms with Gasteiger partial charge < -0.3 is 9.64 Å². The Labute approximate surface area is 198 Å². The highest BCUT2D eigenvalue weighted by Gasteiger charge is 2.38. The fourth-order valence-corrected chi connectivity index (χ4v) is 4.15. The Bertz CT molecular complexity index is 1230. The summed E-state index contributed by atoms with van der Waals surface area (Å²) < 4.78 is 69.8. The summed E-state index contributed by atoms with van der Waals surface area (Å²) in [6, 6.07) is 15.4. The predicted octanol–water partition coefficient (Wildman–Crippen LogP) is 6.17. The summed E-state index contributed by atoms with van der Waals surface area (Å²) in [7, 11) is 3.21. The van der Waals surface area contributed by atoms with Gasteiger partial charge in [-0.2, -0.15) is 0 Å². The molecule has 0 saturated heterocycles. The molecular weight excluding hydrogens is 467 g/mol. The normalized spacial score (nSPS) is 17.7. The number of alkyl halides is 3. The van der Waals surface area contributed by atoms with Crippen LogP contribution in [0.5, 0.6) is 5.75 Å². The number of ether oxygens (including phenoxy) is 1. The van der Waals surface area contributed by atoms with Gasteiger partial charge in [0.25, 0.3) is 0 Å². The van der Waals surface area contributed by atoms with Crippen molar-refractivity contribution in [3.05, 3.63) is 89.5 Å². The van der Waals surface area contributed by atoms with E-state index in [1.54, 1.807) is 38.4 Å². The van der Waals surface area contributed by atoms with Gasteiger partial charge in [0.15, 0.2) is 0 Å². The first-order valence-corrected chi connectivity index (χ1v) is 10.7. The van der Waals surface area contributed by atoms with E-state index in [0.29, 0.717) is 11.1 Å². The van der Waals surface area contributed by atoms with Crippen molar-refractivity contribution in [1.82, 2.24) is 4.90 Å². The number of nitrogens with zero attached hydrogens (tertiary/aromatic N) is 2. The zero-order valence-electron chi connectivity index (χ0n) is 18.8. The predicted molar refractivity (Wildman–Crippen MR) is 121 cm³/mol. The van der Waals surface area contributed by atoms with Gasteiger partial charge in [0.05, 0.1) is 17.5 Å². The standard InChI is InChI=1S/C26H21F5N2O2/c1-33(2)25(34)19-14-22(23-20(27)4-3-5-21(23)28)32-24(19)17-8-6-15(7-9-17)16-10-12-18(13-11-16)35-26(29,30)31/h3-13,19,24H,14H2,1-2H3/t19-,24?/m0/s1. The Balaban J connectivity index is 1.63. The van der Waals surface area contributed by atoms with E-state index in [1.165, 1.54) is 35.2 Å². The summed E-state index contributed by atoms with van der Waals surface area (Å²) in [5.74, 6) is -2.66. The minimum atomic E-state index is -4.77. The van der Waals surface area contributed by atoms with Gasteiger partial charge >= 0.3 is 6.36 Å². The number of benzene rings is 3. The van der Waals surface area contributed by atoms with Crippen LogP contribution < -0.4 is 4.74 Å². The fourth-order valence-electron chi connectivity index (χ4n) is 4.15. The first kappa shape index (κ1) is 24.4. The van der Waals surface area contributed by atoms with Gasteiger partial charge in [0, 0.05) is 26.2 Å². The molecule has 4 nitrogen and oxygen atoms in total.